The Kier molecular flexibility index (Phi) is 4.68. The van der Waals surface area contributed by atoms with Gasteiger partial charge < -0.3 is 10.1 Å². The number of rotatable bonds is 4. The Hall–Kier alpha value is -1.95. The number of para-hydroxylation sites is 1. The van der Waals surface area contributed by atoms with E-state index in [-0.39, 0.29) is 11.8 Å². The van der Waals surface area contributed by atoms with E-state index in [1.807, 2.05) is 31.2 Å². The molecule has 0 spiro atoms. The summed E-state index contributed by atoms with van der Waals surface area (Å²) in [5.41, 5.74) is 1.11. The highest BCUT2D eigenvalue weighted by Crippen LogP contribution is 2.26. The maximum Gasteiger partial charge on any atom is 0.223 e. The predicted molar refractivity (Wildman–Crippen MR) is 85.1 cm³/mol. The van der Waals surface area contributed by atoms with Crippen molar-refractivity contribution < 1.29 is 9.53 Å². The van der Waals surface area contributed by atoms with Gasteiger partial charge in [0.15, 0.2) is 0 Å². The lowest BCUT2D eigenvalue weighted by molar-refractivity contribution is -0.125. The molecule has 0 fully saturated rings. The molecule has 0 saturated carbocycles. The average Bonchev–Trinajstić information content (AvgIpc) is 2.81. The molecule has 2 heterocycles. The van der Waals surface area contributed by atoms with E-state index in [4.69, 9.17) is 4.74 Å². The number of carbonyl (C=O) groups excluding carboxylic acids is 1. The Morgan fingerprint density at radius 3 is 3.09 bits per heavy atom. The number of hydrogen-bond donors (Lipinski definition) is 1. The fourth-order valence-electron chi connectivity index (χ4n) is 2.59. The Balaban J connectivity index is 1.54. The van der Waals surface area contributed by atoms with E-state index in [0.717, 1.165) is 40.6 Å². The third-order valence-corrected chi connectivity index (χ3v) is 4.64. The maximum absolute atomic E-state index is 12.4. The molecule has 1 unspecified atom stereocenters. The fraction of sp³-hybridized carbons (Fsp3) is 0.438. The van der Waals surface area contributed by atoms with E-state index in [0.29, 0.717) is 13.2 Å². The van der Waals surface area contributed by atoms with E-state index in [1.165, 1.54) is 0 Å². The Labute approximate surface area is 133 Å². The second kappa shape index (κ2) is 6.87. The van der Waals surface area contributed by atoms with Crippen LogP contribution in [0.3, 0.4) is 0 Å². The molecule has 5 nitrogen and oxygen atoms in total. The van der Waals surface area contributed by atoms with E-state index >= 15 is 0 Å². The maximum atomic E-state index is 12.4. The van der Waals surface area contributed by atoms with Gasteiger partial charge in [-0.1, -0.05) is 18.2 Å². The minimum atomic E-state index is -0.0280. The predicted octanol–water partition coefficient (Wildman–Crippen LogP) is 2.15. The van der Waals surface area contributed by atoms with Crippen LogP contribution in [0.25, 0.3) is 0 Å². The summed E-state index contributed by atoms with van der Waals surface area (Å²) in [6.07, 6.45) is 2.22. The first kappa shape index (κ1) is 15.0. The molecule has 1 aromatic carbocycles. The largest absolute Gasteiger partial charge is 0.493 e. The number of amides is 1. The number of benzene rings is 1. The SMILES string of the molecule is Cc1nnc(CCNC(=O)C2CCOc3ccccc3C2)s1. The van der Waals surface area contributed by atoms with E-state index < -0.39 is 0 Å². The number of nitrogens with one attached hydrogen (secondary N) is 1. The van der Waals surface area contributed by atoms with Crippen LogP contribution in [0, 0.1) is 12.8 Å². The monoisotopic (exact) mass is 317 g/mol. The molecule has 1 aliphatic heterocycles. The smallest absolute Gasteiger partial charge is 0.223 e. The molecular weight excluding hydrogens is 298 g/mol. The second-order valence-corrected chi connectivity index (χ2v) is 6.67. The van der Waals surface area contributed by atoms with Crippen molar-refractivity contribution in [3.63, 3.8) is 0 Å². The average molecular weight is 317 g/mol. The van der Waals surface area contributed by atoms with Crippen LogP contribution < -0.4 is 10.1 Å². The van der Waals surface area contributed by atoms with Gasteiger partial charge in [0, 0.05) is 18.9 Å². The van der Waals surface area contributed by atoms with Crippen molar-refractivity contribution in [2.45, 2.75) is 26.2 Å². The summed E-state index contributed by atoms with van der Waals surface area (Å²) in [7, 11) is 0. The highest BCUT2D eigenvalue weighted by atomic mass is 32.1. The lowest BCUT2D eigenvalue weighted by Crippen LogP contribution is -2.33. The van der Waals surface area contributed by atoms with Gasteiger partial charge in [-0.05, 0) is 31.4 Å². The summed E-state index contributed by atoms with van der Waals surface area (Å²) >= 11 is 1.58. The van der Waals surface area contributed by atoms with Crippen molar-refractivity contribution in [3.05, 3.63) is 39.8 Å². The number of hydrogen-bond acceptors (Lipinski definition) is 5. The van der Waals surface area contributed by atoms with Gasteiger partial charge in [-0.15, -0.1) is 21.5 Å². The molecule has 0 bridgehead atoms. The Bertz CT molecular complexity index is 656. The van der Waals surface area contributed by atoms with Gasteiger partial charge in [0.25, 0.3) is 0 Å². The normalized spacial score (nSPS) is 17.2. The molecule has 2 aromatic rings. The summed E-state index contributed by atoms with van der Waals surface area (Å²) in [4.78, 5) is 12.4. The van der Waals surface area contributed by atoms with E-state index in [2.05, 4.69) is 15.5 Å². The third-order valence-electron chi connectivity index (χ3n) is 3.74. The van der Waals surface area contributed by atoms with Crippen LogP contribution in [0.2, 0.25) is 0 Å². The van der Waals surface area contributed by atoms with Gasteiger partial charge >= 0.3 is 0 Å². The standard InChI is InChI=1S/C16H19N3O2S/c1-11-18-19-15(22-11)6-8-17-16(20)13-7-9-21-14-5-3-2-4-12(14)10-13/h2-5,13H,6-10H2,1H3,(H,17,20). The molecular formula is C16H19N3O2S. The first-order valence-corrected chi connectivity index (χ1v) is 8.31. The molecule has 3 rings (SSSR count). The van der Waals surface area contributed by atoms with Crippen LogP contribution >= 0.6 is 11.3 Å². The van der Waals surface area contributed by atoms with Crippen LogP contribution in [0.1, 0.15) is 22.0 Å². The van der Waals surface area contributed by atoms with Gasteiger partial charge in [-0.25, -0.2) is 0 Å². The zero-order valence-corrected chi connectivity index (χ0v) is 13.4. The Morgan fingerprint density at radius 1 is 1.41 bits per heavy atom. The van der Waals surface area contributed by atoms with Crippen molar-refractivity contribution in [3.8, 4) is 5.75 Å². The molecule has 0 saturated heterocycles. The Morgan fingerprint density at radius 2 is 2.27 bits per heavy atom. The molecule has 1 amide bonds. The lowest BCUT2D eigenvalue weighted by Gasteiger charge is -2.13. The lowest BCUT2D eigenvalue weighted by atomic mass is 9.96. The molecule has 1 atom stereocenters. The zero-order chi connectivity index (χ0) is 15.4. The van der Waals surface area contributed by atoms with Gasteiger partial charge in [0.2, 0.25) is 5.91 Å². The molecule has 0 radical (unpaired) electrons. The molecule has 116 valence electrons. The number of carbonyl (C=O) groups is 1. The van der Waals surface area contributed by atoms with Gasteiger partial charge in [0.1, 0.15) is 15.8 Å². The first-order valence-electron chi connectivity index (χ1n) is 7.50. The summed E-state index contributed by atoms with van der Waals surface area (Å²) in [6, 6.07) is 7.95. The number of ether oxygens (including phenoxy) is 1. The van der Waals surface area contributed by atoms with Crippen molar-refractivity contribution >= 4 is 17.2 Å². The topological polar surface area (TPSA) is 64.1 Å². The van der Waals surface area contributed by atoms with E-state index in [1.54, 1.807) is 11.3 Å². The van der Waals surface area contributed by atoms with Gasteiger partial charge in [0.05, 0.1) is 6.61 Å². The fourth-order valence-corrected chi connectivity index (χ4v) is 3.30. The second-order valence-electron chi connectivity index (χ2n) is 5.40. The van der Waals surface area contributed by atoms with Crippen molar-refractivity contribution in [1.29, 1.82) is 0 Å². The van der Waals surface area contributed by atoms with Gasteiger partial charge in [-0.2, -0.15) is 0 Å². The molecule has 0 aliphatic carbocycles. The van der Waals surface area contributed by atoms with E-state index in [9.17, 15) is 4.79 Å². The highest BCUT2D eigenvalue weighted by Gasteiger charge is 2.23. The molecule has 1 aromatic heterocycles. The summed E-state index contributed by atoms with van der Waals surface area (Å²) in [5, 5.41) is 13.0. The van der Waals surface area contributed by atoms with Crippen LogP contribution in [-0.2, 0) is 17.6 Å². The molecule has 1 aliphatic rings. The minimum Gasteiger partial charge on any atom is -0.493 e. The minimum absolute atomic E-state index is 0.0280. The number of fused-ring (bicyclic) bond motifs is 1. The highest BCUT2D eigenvalue weighted by molar-refractivity contribution is 7.11. The van der Waals surface area contributed by atoms with Crippen molar-refractivity contribution in [2.24, 2.45) is 5.92 Å². The van der Waals surface area contributed by atoms with Crippen molar-refractivity contribution in [1.82, 2.24) is 15.5 Å². The summed E-state index contributed by atoms with van der Waals surface area (Å²) in [6.45, 7) is 3.12. The van der Waals surface area contributed by atoms with Crippen LogP contribution in [0.4, 0.5) is 0 Å². The van der Waals surface area contributed by atoms with Gasteiger partial charge in [-0.3, -0.25) is 4.79 Å². The number of aromatic nitrogens is 2. The van der Waals surface area contributed by atoms with Crippen LogP contribution in [-0.4, -0.2) is 29.3 Å². The third kappa shape index (κ3) is 3.62. The molecule has 6 heteroatoms. The molecule has 22 heavy (non-hydrogen) atoms. The first-order chi connectivity index (χ1) is 10.7. The quantitative estimate of drug-likeness (QED) is 0.938. The zero-order valence-electron chi connectivity index (χ0n) is 12.5. The van der Waals surface area contributed by atoms with Crippen LogP contribution in [0.5, 0.6) is 5.75 Å². The van der Waals surface area contributed by atoms with Crippen molar-refractivity contribution in [2.75, 3.05) is 13.2 Å². The molecule has 1 N–H and O–H groups in total. The van der Waals surface area contributed by atoms with Crippen LogP contribution in [0.15, 0.2) is 24.3 Å². The summed E-state index contributed by atoms with van der Waals surface area (Å²) < 4.78 is 5.71. The number of aryl methyl sites for hydroxylation is 1. The summed E-state index contributed by atoms with van der Waals surface area (Å²) in [5.74, 6) is 0.975. The number of nitrogens with zero attached hydrogens (tertiary/aromatic N) is 2.